The van der Waals surface area contributed by atoms with Crippen LogP contribution in [-0.4, -0.2) is 56.0 Å². The first-order chi connectivity index (χ1) is 12.5. The fourth-order valence-electron chi connectivity index (χ4n) is 3.24. The molecule has 1 saturated heterocycles. The Bertz CT molecular complexity index is 746. The van der Waals surface area contributed by atoms with Crippen LogP contribution in [0.4, 0.5) is 0 Å². The standard InChI is InChI=1S/C19H26N4O3/c1-14-17(4-3-10-20-14)26-18-9-13-23(12-8-16(18)24)19(25)6-5-15-7-11-21-22(15)2/h3-4,7,10-11,16,18,24H,5-6,8-9,12-13H2,1-2H3/t16-,18-/m0/s1. The summed E-state index contributed by atoms with van der Waals surface area (Å²) in [5, 5.41) is 14.5. The Morgan fingerprint density at radius 2 is 2.12 bits per heavy atom. The van der Waals surface area contributed by atoms with Crippen molar-refractivity contribution in [3.8, 4) is 5.75 Å². The van der Waals surface area contributed by atoms with Gasteiger partial charge >= 0.3 is 0 Å². The van der Waals surface area contributed by atoms with Gasteiger partial charge in [0.2, 0.25) is 5.91 Å². The van der Waals surface area contributed by atoms with Gasteiger partial charge in [0, 0.05) is 51.1 Å². The summed E-state index contributed by atoms with van der Waals surface area (Å²) in [7, 11) is 1.88. The third-order valence-electron chi connectivity index (χ3n) is 4.91. The number of rotatable bonds is 5. The SMILES string of the molecule is Cc1ncccc1O[C@H]1CCN(C(=O)CCc2ccnn2C)CC[C@@H]1O. The second-order valence-corrected chi connectivity index (χ2v) is 6.71. The normalized spacial score (nSPS) is 20.7. The molecule has 1 aliphatic heterocycles. The smallest absolute Gasteiger partial charge is 0.222 e. The molecule has 7 heteroatoms. The van der Waals surface area contributed by atoms with Crippen LogP contribution in [0.15, 0.2) is 30.6 Å². The van der Waals surface area contributed by atoms with Crippen LogP contribution < -0.4 is 4.74 Å². The number of aliphatic hydroxyl groups is 1. The number of likely N-dealkylation sites (tertiary alicyclic amines) is 1. The summed E-state index contributed by atoms with van der Waals surface area (Å²) in [6, 6.07) is 5.61. The highest BCUT2D eigenvalue weighted by atomic mass is 16.5. The molecular formula is C19H26N4O3. The summed E-state index contributed by atoms with van der Waals surface area (Å²) in [6.45, 7) is 3.02. The first-order valence-electron chi connectivity index (χ1n) is 9.05. The van der Waals surface area contributed by atoms with Gasteiger partial charge < -0.3 is 14.7 Å². The summed E-state index contributed by atoms with van der Waals surface area (Å²) < 4.78 is 7.77. The summed E-state index contributed by atoms with van der Waals surface area (Å²) in [5.74, 6) is 0.796. The van der Waals surface area contributed by atoms with Gasteiger partial charge in [-0.05, 0) is 38.0 Å². The number of pyridine rings is 1. The van der Waals surface area contributed by atoms with Crippen LogP contribution in [0.25, 0.3) is 0 Å². The molecule has 0 saturated carbocycles. The van der Waals surface area contributed by atoms with E-state index in [1.807, 2.05) is 37.1 Å². The molecule has 2 aromatic rings. The van der Waals surface area contributed by atoms with E-state index in [2.05, 4.69) is 10.1 Å². The van der Waals surface area contributed by atoms with Crippen molar-refractivity contribution in [2.24, 2.45) is 7.05 Å². The van der Waals surface area contributed by atoms with Crippen LogP contribution in [0, 0.1) is 6.92 Å². The molecule has 3 heterocycles. The molecule has 2 aromatic heterocycles. The summed E-state index contributed by atoms with van der Waals surface area (Å²) >= 11 is 0. The maximum Gasteiger partial charge on any atom is 0.222 e. The van der Waals surface area contributed by atoms with E-state index >= 15 is 0 Å². The fraction of sp³-hybridized carbons (Fsp3) is 0.526. The number of carbonyl (C=O) groups is 1. The Balaban J connectivity index is 1.55. The van der Waals surface area contributed by atoms with Crippen molar-refractivity contribution in [1.29, 1.82) is 0 Å². The molecule has 7 nitrogen and oxygen atoms in total. The Kier molecular flexibility index (Phi) is 5.88. The molecule has 26 heavy (non-hydrogen) atoms. The van der Waals surface area contributed by atoms with Gasteiger partial charge in [-0.3, -0.25) is 14.5 Å². The third kappa shape index (κ3) is 4.40. The molecule has 1 aliphatic rings. The van der Waals surface area contributed by atoms with E-state index in [1.54, 1.807) is 17.1 Å². The number of nitrogens with zero attached hydrogens (tertiary/aromatic N) is 4. The zero-order chi connectivity index (χ0) is 18.5. The topological polar surface area (TPSA) is 80.5 Å². The maximum atomic E-state index is 12.5. The molecular weight excluding hydrogens is 332 g/mol. The number of aromatic nitrogens is 3. The molecule has 0 aromatic carbocycles. The molecule has 1 amide bonds. The molecule has 0 radical (unpaired) electrons. The zero-order valence-corrected chi connectivity index (χ0v) is 15.3. The van der Waals surface area contributed by atoms with E-state index in [-0.39, 0.29) is 12.0 Å². The van der Waals surface area contributed by atoms with E-state index in [0.29, 0.717) is 44.5 Å². The van der Waals surface area contributed by atoms with Gasteiger partial charge in [0.05, 0.1) is 11.8 Å². The number of hydrogen-bond donors (Lipinski definition) is 1. The van der Waals surface area contributed by atoms with Crippen molar-refractivity contribution < 1.29 is 14.6 Å². The third-order valence-corrected chi connectivity index (χ3v) is 4.91. The number of hydrogen-bond acceptors (Lipinski definition) is 5. The lowest BCUT2D eigenvalue weighted by atomic mass is 10.1. The lowest BCUT2D eigenvalue weighted by molar-refractivity contribution is -0.131. The number of carbonyl (C=O) groups excluding carboxylic acids is 1. The number of aryl methyl sites for hydroxylation is 3. The molecule has 1 fully saturated rings. The predicted molar refractivity (Wildman–Crippen MR) is 96.7 cm³/mol. The van der Waals surface area contributed by atoms with E-state index in [9.17, 15) is 9.90 Å². The van der Waals surface area contributed by atoms with E-state index in [1.165, 1.54) is 0 Å². The Hall–Kier alpha value is -2.41. The van der Waals surface area contributed by atoms with Crippen LogP contribution in [0.1, 0.15) is 30.7 Å². The maximum absolute atomic E-state index is 12.5. The van der Waals surface area contributed by atoms with Gasteiger partial charge in [-0.25, -0.2) is 0 Å². The molecule has 140 valence electrons. The largest absolute Gasteiger partial charge is 0.486 e. The molecule has 0 spiro atoms. The van der Waals surface area contributed by atoms with Gasteiger partial charge in [0.1, 0.15) is 11.9 Å². The first-order valence-corrected chi connectivity index (χ1v) is 9.05. The number of ether oxygens (including phenoxy) is 1. The van der Waals surface area contributed by atoms with Crippen molar-refractivity contribution in [3.05, 3.63) is 42.0 Å². The van der Waals surface area contributed by atoms with Gasteiger partial charge in [-0.15, -0.1) is 0 Å². The van der Waals surface area contributed by atoms with E-state index < -0.39 is 6.10 Å². The first kappa shape index (κ1) is 18.4. The lowest BCUT2D eigenvalue weighted by Crippen LogP contribution is -2.33. The van der Waals surface area contributed by atoms with Crippen LogP contribution >= 0.6 is 0 Å². The van der Waals surface area contributed by atoms with Gasteiger partial charge in [-0.2, -0.15) is 5.10 Å². The van der Waals surface area contributed by atoms with Gasteiger partial charge in [-0.1, -0.05) is 0 Å². The summed E-state index contributed by atoms with van der Waals surface area (Å²) in [5.41, 5.74) is 1.84. The molecule has 2 atom stereocenters. The quantitative estimate of drug-likeness (QED) is 0.876. The average molecular weight is 358 g/mol. The van der Waals surface area contributed by atoms with Gasteiger partial charge in [0.15, 0.2) is 0 Å². The Morgan fingerprint density at radius 3 is 2.85 bits per heavy atom. The average Bonchev–Trinajstić information content (AvgIpc) is 2.95. The van der Waals surface area contributed by atoms with Crippen molar-refractivity contribution in [2.75, 3.05) is 13.1 Å². The zero-order valence-electron chi connectivity index (χ0n) is 15.3. The highest BCUT2D eigenvalue weighted by Crippen LogP contribution is 2.22. The predicted octanol–water partition coefficient (Wildman–Crippen LogP) is 1.49. The molecule has 1 N–H and O–H groups in total. The van der Waals surface area contributed by atoms with Crippen LogP contribution in [-0.2, 0) is 18.3 Å². The van der Waals surface area contributed by atoms with Crippen molar-refractivity contribution in [3.63, 3.8) is 0 Å². The number of amides is 1. The fourth-order valence-corrected chi connectivity index (χ4v) is 3.24. The van der Waals surface area contributed by atoms with E-state index in [4.69, 9.17) is 4.74 Å². The minimum Gasteiger partial charge on any atom is -0.486 e. The summed E-state index contributed by atoms with van der Waals surface area (Å²) in [6.07, 6.45) is 4.77. The van der Waals surface area contributed by atoms with E-state index in [0.717, 1.165) is 11.4 Å². The minimum atomic E-state index is -0.593. The molecule has 3 rings (SSSR count). The molecule has 0 unspecified atom stereocenters. The highest BCUT2D eigenvalue weighted by Gasteiger charge is 2.28. The van der Waals surface area contributed by atoms with Gasteiger partial charge in [0.25, 0.3) is 0 Å². The van der Waals surface area contributed by atoms with Crippen molar-refractivity contribution in [1.82, 2.24) is 19.7 Å². The second kappa shape index (κ2) is 8.31. The summed E-state index contributed by atoms with van der Waals surface area (Å²) in [4.78, 5) is 18.6. The van der Waals surface area contributed by atoms with Crippen LogP contribution in [0.3, 0.4) is 0 Å². The molecule has 0 aliphatic carbocycles. The lowest BCUT2D eigenvalue weighted by Gasteiger charge is -2.22. The highest BCUT2D eigenvalue weighted by molar-refractivity contribution is 5.76. The minimum absolute atomic E-state index is 0.108. The Morgan fingerprint density at radius 1 is 1.31 bits per heavy atom. The van der Waals surface area contributed by atoms with Crippen LogP contribution in [0.5, 0.6) is 5.75 Å². The molecule has 0 bridgehead atoms. The number of aliphatic hydroxyl groups excluding tert-OH is 1. The van der Waals surface area contributed by atoms with Crippen molar-refractivity contribution in [2.45, 2.75) is 44.8 Å². The van der Waals surface area contributed by atoms with Crippen LogP contribution in [0.2, 0.25) is 0 Å². The Labute approximate surface area is 153 Å². The second-order valence-electron chi connectivity index (χ2n) is 6.71. The van der Waals surface area contributed by atoms with Crippen molar-refractivity contribution >= 4 is 5.91 Å². The monoisotopic (exact) mass is 358 g/mol.